The highest BCUT2D eigenvalue weighted by Gasteiger charge is 2.63. The van der Waals surface area contributed by atoms with E-state index in [9.17, 15) is 18.0 Å². The van der Waals surface area contributed by atoms with Crippen molar-refractivity contribution < 1.29 is 22.7 Å². The topological polar surface area (TPSA) is 102 Å². The molecule has 2 N–H and O–H groups in total. The number of sulfonamides is 1. The van der Waals surface area contributed by atoms with Crippen LogP contribution in [0.1, 0.15) is 45.6 Å². The van der Waals surface area contributed by atoms with Gasteiger partial charge < -0.3 is 10.1 Å². The highest BCUT2D eigenvalue weighted by atomic mass is 127. The van der Waals surface area contributed by atoms with Gasteiger partial charge in [0.05, 0.1) is 4.75 Å². The van der Waals surface area contributed by atoms with Gasteiger partial charge in [-0.25, -0.2) is 13.2 Å². The fourth-order valence-corrected chi connectivity index (χ4v) is 5.87. The fourth-order valence-electron chi connectivity index (χ4n) is 3.10. The summed E-state index contributed by atoms with van der Waals surface area (Å²) in [4.78, 5) is 24.9. The van der Waals surface area contributed by atoms with Crippen molar-refractivity contribution in [2.45, 2.75) is 66.3 Å². The number of amides is 2. The van der Waals surface area contributed by atoms with Crippen LogP contribution in [-0.4, -0.2) is 40.2 Å². The third-order valence-electron chi connectivity index (χ3n) is 4.98. The largest absolute Gasteiger partial charge is 0.444 e. The van der Waals surface area contributed by atoms with Crippen molar-refractivity contribution in [3.8, 4) is 0 Å². The van der Waals surface area contributed by atoms with Gasteiger partial charge in [0.25, 0.3) is 5.91 Å². The molecule has 2 atom stereocenters. The highest BCUT2D eigenvalue weighted by molar-refractivity contribution is 14.1. The van der Waals surface area contributed by atoms with E-state index in [0.29, 0.717) is 25.7 Å². The molecule has 0 spiro atoms. The lowest BCUT2D eigenvalue weighted by atomic mass is 10.1. The first kappa shape index (κ1) is 21.4. The Morgan fingerprint density at radius 3 is 2.25 bits per heavy atom. The van der Waals surface area contributed by atoms with Crippen LogP contribution in [0.5, 0.6) is 0 Å². The van der Waals surface area contributed by atoms with Gasteiger partial charge in [-0.1, -0.05) is 52.9 Å². The molecule has 0 radical (unpaired) electrons. The van der Waals surface area contributed by atoms with Crippen LogP contribution >= 0.6 is 22.6 Å². The minimum atomic E-state index is -3.88. The van der Waals surface area contributed by atoms with E-state index in [1.54, 1.807) is 20.8 Å². The van der Waals surface area contributed by atoms with E-state index in [1.807, 2.05) is 52.9 Å². The van der Waals surface area contributed by atoms with Crippen molar-refractivity contribution in [3.63, 3.8) is 0 Å². The maximum atomic E-state index is 12.9. The Balaban J connectivity index is 1.69. The van der Waals surface area contributed by atoms with E-state index in [0.717, 1.165) is 5.56 Å². The molecule has 2 amide bonds. The van der Waals surface area contributed by atoms with E-state index in [4.69, 9.17) is 4.74 Å². The zero-order chi connectivity index (χ0) is 20.8. The first-order valence-corrected chi connectivity index (χ1v) is 11.9. The lowest BCUT2D eigenvalue weighted by Gasteiger charge is -2.24. The monoisotopic (exact) mass is 520 g/mol. The number of carbonyl (C=O) groups is 2. The third-order valence-corrected chi connectivity index (χ3v) is 8.63. The minimum Gasteiger partial charge on any atom is -0.444 e. The minimum absolute atomic E-state index is 0.197. The second-order valence-electron chi connectivity index (χ2n) is 8.55. The Morgan fingerprint density at radius 1 is 1.21 bits per heavy atom. The van der Waals surface area contributed by atoms with E-state index >= 15 is 0 Å². The summed E-state index contributed by atoms with van der Waals surface area (Å²) in [7, 11) is -3.88. The zero-order valence-corrected chi connectivity index (χ0v) is 19.1. The molecule has 2 fully saturated rings. The van der Waals surface area contributed by atoms with E-state index in [2.05, 4.69) is 10.0 Å². The second-order valence-corrected chi connectivity index (χ2v) is 12.1. The van der Waals surface area contributed by atoms with Gasteiger partial charge >= 0.3 is 6.09 Å². The molecule has 1 aromatic rings. The first-order valence-electron chi connectivity index (χ1n) is 9.15. The molecule has 3 rings (SSSR count). The SMILES string of the molecule is CC(C)(C)OC(=O)N[C@]1(C(=O)NS(=O)(=O)C2(Cc3ccccc3)CC2)C[C@H]1I. The summed E-state index contributed by atoms with van der Waals surface area (Å²) in [6.07, 6.45) is 0.996. The lowest BCUT2D eigenvalue weighted by Crippen LogP contribution is -2.55. The number of hydrogen-bond donors (Lipinski definition) is 2. The summed E-state index contributed by atoms with van der Waals surface area (Å²) >= 11 is 2.04. The smallest absolute Gasteiger partial charge is 0.408 e. The Kier molecular flexibility index (Phi) is 5.46. The van der Waals surface area contributed by atoms with Crippen molar-refractivity contribution in [1.82, 2.24) is 10.0 Å². The van der Waals surface area contributed by atoms with Crippen LogP contribution in [0.3, 0.4) is 0 Å². The van der Waals surface area contributed by atoms with Crippen LogP contribution in [0.4, 0.5) is 4.79 Å². The van der Waals surface area contributed by atoms with Crippen LogP contribution < -0.4 is 10.0 Å². The molecular weight excluding hydrogens is 495 g/mol. The summed E-state index contributed by atoms with van der Waals surface area (Å²) in [6.45, 7) is 5.16. The van der Waals surface area contributed by atoms with Crippen LogP contribution in [0.15, 0.2) is 30.3 Å². The Bertz CT molecular complexity index is 877. The summed E-state index contributed by atoms with van der Waals surface area (Å²) in [6, 6.07) is 9.36. The Hall–Kier alpha value is -1.36. The van der Waals surface area contributed by atoms with Crippen molar-refractivity contribution in [2.24, 2.45) is 0 Å². The molecular formula is C19H25IN2O5S. The highest BCUT2D eigenvalue weighted by Crippen LogP contribution is 2.47. The standard InChI is InChI=1S/C19H25IN2O5S/c1-17(2,3)27-16(24)21-19(12-14(19)20)15(23)22-28(25,26)18(9-10-18)11-13-7-5-4-6-8-13/h4-8,14H,9-12H2,1-3H3,(H,21,24)(H,22,23)/t14-,19-/m1/s1. The summed E-state index contributed by atoms with van der Waals surface area (Å²) in [5.41, 5.74) is -1.05. The number of alkyl halides is 1. The van der Waals surface area contributed by atoms with Gasteiger partial charge in [-0.05, 0) is 52.0 Å². The normalized spacial score (nSPS) is 25.5. The molecule has 154 valence electrons. The molecule has 0 heterocycles. The molecule has 2 aliphatic rings. The Morgan fingerprint density at radius 2 is 1.79 bits per heavy atom. The number of nitrogens with one attached hydrogen (secondary N) is 2. The molecule has 1 aromatic carbocycles. The molecule has 2 aliphatic carbocycles. The van der Waals surface area contributed by atoms with Gasteiger partial charge in [-0.2, -0.15) is 0 Å². The van der Waals surface area contributed by atoms with Gasteiger partial charge in [-0.3, -0.25) is 9.52 Å². The van der Waals surface area contributed by atoms with Crippen LogP contribution in [-0.2, 0) is 26.0 Å². The second kappa shape index (κ2) is 7.16. The molecule has 28 heavy (non-hydrogen) atoms. The van der Waals surface area contributed by atoms with Gasteiger partial charge in [-0.15, -0.1) is 0 Å². The van der Waals surface area contributed by atoms with Crippen LogP contribution in [0, 0.1) is 0 Å². The summed E-state index contributed by atoms with van der Waals surface area (Å²) < 4.78 is 32.2. The van der Waals surface area contributed by atoms with E-state index in [1.165, 1.54) is 0 Å². The summed E-state index contributed by atoms with van der Waals surface area (Å²) in [5.74, 6) is -0.697. The third kappa shape index (κ3) is 4.45. The van der Waals surface area contributed by atoms with Gasteiger partial charge in [0.2, 0.25) is 10.0 Å². The molecule has 7 nitrogen and oxygen atoms in total. The number of halogens is 1. The maximum absolute atomic E-state index is 12.9. The predicted octanol–water partition coefficient (Wildman–Crippen LogP) is 2.68. The van der Waals surface area contributed by atoms with Gasteiger partial charge in [0.15, 0.2) is 0 Å². The predicted molar refractivity (Wildman–Crippen MR) is 114 cm³/mol. The number of rotatable bonds is 6. The quantitative estimate of drug-likeness (QED) is 0.444. The molecule has 0 aromatic heterocycles. The number of carbonyl (C=O) groups excluding carboxylic acids is 2. The van der Waals surface area contributed by atoms with Crippen molar-refractivity contribution >= 4 is 44.6 Å². The number of ether oxygens (including phenoxy) is 1. The maximum Gasteiger partial charge on any atom is 0.408 e. The average Bonchev–Trinajstić information content (AvgIpc) is 3.45. The van der Waals surface area contributed by atoms with Gasteiger partial charge in [0.1, 0.15) is 11.1 Å². The molecule has 0 aliphatic heterocycles. The van der Waals surface area contributed by atoms with Gasteiger partial charge in [0, 0.05) is 3.92 Å². The van der Waals surface area contributed by atoms with Crippen LogP contribution in [0.2, 0.25) is 0 Å². The number of hydrogen-bond acceptors (Lipinski definition) is 5. The number of benzene rings is 1. The van der Waals surface area contributed by atoms with Crippen LogP contribution in [0.25, 0.3) is 0 Å². The lowest BCUT2D eigenvalue weighted by molar-refractivity contribution is -0.122. The molecule has 0 unspecified atom stereocenters. The van der Waals surface area contributed by atoms with E-state index in [-0.39, 0.29) is 3.92 Å². The van der Waals surface area contributed by atoms with Crippen molar-refractivity contribution in [1.29, 1.82) is 0 Å². The van der Waals surface area contributed by atoms with Crippen molar-refractivity contribution in [3.05, 3.63) is 35.9 Å². The zero-order valence-electron chi connectivity index (χ0n) is 16.1. The molecule has 2 saturated carbocycles. The molecule has 9 heteroatoms. The fraction of sp³-hybridized carbons (Fsp3) is 0.579. The average molecular weight is 520 g/mol. The first-order chi connectivity index (χ1) is 12.9. The number of alkyl carbamates (subject to hydrolysis) is 1. The molecule has 0 saturated heterocycles. The van der Waals surface area contributed by atoms with E-state index < -0.39 is 37.9 Å². The van der Waals surface area contributed by atoms with Crippen molar-refractivity contribution in [2.75, 3.05) is 0 Å². The summed E-state index contributed by atoms with van der Waals surface area (Å²) in [5, 5.41) is 2.57. The molecule has 0 bridgehead atoms. The Labute approximate surface area is 179 Å².